The lowest BCUT2D eigenvalue weighted by atomic mass is 10.5. The van der Waals surface area contributed by atoms with Gasteiger partial charge in [-0.3, -0.25) is 4.79 Å². The topological polar surface area (TPSA) is 76.2 Å². The van der Waals surface area contributed by atoms with Crippen molar-refractivity contribution in [3.63, 3.8) is 0 Å². The summed E-state index contributed by atoms with van der Waals surface area (Å²) in [7, 11) is 1.50. The molecule has 0 rings (SSSR count). The van der Waals surface area contributed by atoms with Crippen molar-refractivity contribution >= 4 is 12.5 Å². The molecule has 4 heteroatoms. The Hall–Kier alpha value is -1.16. The molecule has 0 radical (unpaired) electrons. The van der Waals surface area contributed by atoms with Crippen molar-refractivity contribution in [3.05, 3.63) is 11.8 Å². The summed E-state index contributed by atoms with van der Waals surface area (Å²) in [5.41, 5.74) is 4.50. The first-order chi connectivity index (χ1) is 5.35. The third kappa shape index (κ3) is 8.84. The summed E-state index contributed by atoms with van der Waals surface area (Å²) in [6.45, 7) is 2.27. The predicted octanol–water partition coefficient (Wildman–Crippen LogP) is 0.330. The lowest BCUT2D eigenvalue weighted by molar-refractivity contribution is -0.104. The molecule has 0 saturated heterocycles. The Labute approximate surface area is 66.5 Å². The van der Waals surface area contributed by atoms with Crippen molar-refractivity contribution < 1.29 is 9.53 Å². The van der Waals surface area contributed by atoms with Gasteiger partial charge in [0.25, 0.3) is 0 Å². The highest BCUT2D eigenvalue weighted by molar-refractivity contribution is 5.80. The number of carbonyl (C=O) groups is 1. The molecule has 0 fully saturated rings. The van der Waals surface area contributed by atoms with Gasteiger partial charge in [0.05, 0.1) is 12.8 Å². The average Bonchev–Trinajstić information content (AvgIpc) is 2.08. The van der Waals surface area contributed by atoms with Crippen LogP contribution >= 0.6 is 0 Å². The Morgan fingerprint density at radius 1 is 1.64 bits per heavy atom. The van der Waals surface area contributed by atoms with Gasteiger partial charge in [0.2, 0.25) is 0 Å². The van der Waals surface area contributed by atoms with Gasteiger partial charge in [-0.25, -0.2) is 0 Å². The maximum absolute atomic E-state index is 9.79. The van der Waals surface area contributed by atoms with Gasteiger partial charge in [-0.15, -0.1) is 0 Å². The Balaban J connectivity index is 0. The Kier molecular flexibility index (Phi) is 13.2. The van der Waals surface area contributed by atoms with Gasteiger partial charge in [0.15, 0.2) is 0 Å². The Morgan fingerprint density at radius 3 is 2.45 bits per heavy atom. The smallest absolute Gasteiger partial charge is 0.146 e. The fourth-order valence-corrected chi connectivity index (χ4v) is 0.372. The maximum atomic E-state index is 9.79. The number of nitrogens with two attached hydrogens (primary N) is 1. The minimum Gasteiger partial charge on any atom is -0.492 e. The van der Waals surface area contributed by atoms with Crippen LogP contribution in [0.4, 0.5) is 0 Å². The molecule has 4 nitrogen and oxygen atoms in total. The molecule has 0 heterocycles. The monoisotopic (exact) mass is 158 g/mol. The van der Waals surface area contributed by atoms with Crippen molar-refractivity contribution in [3.8, 4) is 0 Å². The van der Waals surface area contributed by atoms with Crippen LogP contribution in [0, 0.1) is 5.41 Å². The van der Waals surface area contributed by atoms with Crippen LogP contribution in [0.1, 0.15) is 6.92 Å². The number of ether oxygens (including phenoxy) is 1. The van der Waals surface area contributed by atoms with Crippen LogP contribution in [-0.4, -0.2) is 26.2 Å². The van der Waals surface area contributed by atoms with E-state index in [2.05, 4.69) is 5.73 Å². The van der Waals surface area contributed by atoms with E-state index >= 15 is 0 Å². The van der Waals surface area contributed by atoms with Gasteiger partial charge in [0.1, 0.15) is 12.0 Å². The van der Waals surface area contributed by atoms with E-state index < -0.39 is 0 Å². The zero-order chi connectivity index (χ0) is 9.11. The fourth-order valence-electron chi connectivity index (χ4n) is 0.372. The third-order valence-corrected chi connectivity index (χ3v) is 0.686. The minimum atomic E-state index is 0.299. The fraction of sp³-hybridized carbons (Fsp3) is 0.429. The van der Waals surface area contributed by atoms with Crippen molar-refractivity contribution in [1.82, 2.24) is 0 Å². The highest BCUT2D eigenvalue weighted by Gasteiger charge is 1.86. The van der Waals surface area contributed by atoms with Gasteiger partial charge in [-0.2, -0.15) is 0 Å². The quantitative estimate of drug-likeness (QED) is 0.268. The van der Waals surface area contributed by atoms with E-state index in [0.29, 0.717) is 18.7 Å². The molecule has 0 aliphatic heterocycles. The summed E-state index contributed by atoms with van der Waals surface area (Å²) < 4.78 is 4.82. The number of nitrogens with one attached hydrogen (secondary N) is 1. The number of hydrogen-bond donors (Lipinski definition) is 2. The second-order valence-corrected chi connectivity index (χ2v) is 1.28. The highest BCUT2D eigenvalue weighted by Crippen LogP contribution is 1.88. The number of allylic oxidation sites excluding steroid dienone is 2. The third-order valence-electron chi connectivity index (χ3n) is 0.686. The van der Waals surface area contributed by atoms with Crippen LogP contribution in [0.15, 0.2) is 11.8 Å². The van der Waals surface area contributed by atoms with Crippen molar-refractivity contribution in [2.45, 2.75) is 6.92 Å². The van der Waals surface area contributed by atoms with Gasteiger partial charge in [0, 0.05) is 6.08 Å². The lowest BCUT2D eigenvalue weighted by Gasteiger charge is -1.97. The molecule has 0 spiro atoms. The molecule has 3 N–H and O–H groups in total. The Morgan fingerprint density at radius 2 is 2.18 bits per heavy atom. The van der Waals surface area contributed by atoms with E-state index in [0.717, 1.165) is 6.21 Å². The maximum Gasteiger partial charge on any atom is 0.146 e. The molecular formula is C7H14N2O2. The zero-order valence-corrected chi connectivity index (χ0v) is 6.83. The first-order valence-corrected chi connectivity index (χ1v) is 3.21. The summed E-state index contributed by atoms with van der Waals surface area (Å²) in [4.78, 5) is 9.79. The normalized spacial score (nSPS) is 9.18. The molecule has 0 bridgehead atoms. The van der Waals surface area contributed by atoms with Crippen LogP contribution < -0.4 is 5.73 Å². The molecule has 0 aliphatic rings. The summed E-state index contributed by atoms with van der Waals surface area (Å²) in [5.74, 6) is 0.299. The summed E-state index contributed by atoms with van der Waals surface area (Å²) in [6, 6.07) is 0. The molecule has 0 aromatic carbocycles. The molecule has 0 atom stereocenters. The average molecular weight is 158 g/mol. The SMILES string of the molecule is CCO/C(C=N)=C/C=O.CN. The molecule has 64 valence electrons. The van der Waals surface area contributed by atoms with Gasteiger partial charge in [-0.05, 0) is 14.0 Å². The van der Waals surface area contributed by atoms with E-state index in [-0.39, 0.29) is 0 Å². The second kappa shape index (κ2) is 11.6. The molecule has 0 aromatic rings. The molecule has 0 aromatic heterocycles. The largest absolute Gasteiger partial charge is 0.492 e. The van der Waals surface area contributed by atoms with E-state index in [1.807, 2.05) is 0 Å². The second-order valence-electron chi connectivity index (χ2n) is 1.28. The van der Waals surface area contributed by atoms with Crippen molar-refractivity contribution in [1.29, 1.82) is 5.41 Å². The first kappa shape index (κ1) is 12.5. The van der Waals surface area contributed by atoms with Gasteiger partial charge >= 0.3 is 0 Å². The zero-order valence-electron chi connectivity index (χ0n) is 6.83. The van der Waals surface area contributed by atoms with Crippen LogP contribution in [-0.2, 0) is 9.53 Å². The molecule has 0 aliphatic carbocycles. The van der Waals surface area contributed by atoms with E-state index in [1.165, 1.54) is 13.1 Å². The summed E-state index contributed by atoms with van der Waals surface area (Å²) in [5, 5.41) is 6.69. The van der Waals surface area contributed by atoms with E-state index in [4.69, 9.17) is 10.1 Å². The highest BCUT2D eigenvalue weighted by atomic mass is 16.5. The minimum absolute atomic E-state index is 0.299. The summed E-state index contributed by atoms with van der Waals surface area (Å²) in [6.07, 6.45) is 2.80. The van der Waals surface area contributed by atoms with Gasteiger partial charge < -0.3 is 15.9 Å². The number of aldehydes is 1. The first-order valence-electron chi connectivity index (χ1n) is 3.21. The molecule has 11 heavy (non-hydrogen) atoms. The predicted molar refractivity (Wildman–Crippen MR) is 44.7 cm³/mol. The van der Waals surface area contributed by atoms with Crippen LogP contribution in [0.2, 0.25) is 0 Å². The van der Waals surface area contributed by atoms with Crippen LogP contribution in [0.3, 0.4) is 0 Å². The molecular weight excluding hydrogens is 144 g/mol. The molecule has 0 amide bonds. The lowest BCUT2D eigenvalue weighted by Crippen LogP contribution is -1.91. The summed E-state index contributed by atoms with van der Waals surface area (Å²) >= 11 is 0. The number of carbonyl (C=O) groups excluding carboxylic acids is 1. The van der Waals surface area contributed by atoms with Gasteiger partial charge in [-0.1, -0.05) is 0 Å². The van der Waals surface area contributed by atoms with E-state index in [1.54, 1.807) is 6.92 Å². The standard InChI is InChI=1S/C6H9NO2.CH5N/c1-2-9-6(5-7)3-4-8;1-2/h3-5,7H,2H2,1H3;2H2,1H3/b6-3+,7-5?;. The van der Waals surface area contributed by atoms with Crippen molar-refractivity contribution in [2.75, 3.05) is 13.7 Å². The van der Waals surface area contributed by atoms with Crippen molar-refractivity contribution in [2.24, 2.45) is 5.73 Å². The van der Waals surface area contributed by atoms with E-state index in [9.17, 15) is 4.79 Å². The molecule has 0 unspecified atom stereocenters. The Bertz CT molecular complexity index is 132. The number of rotatable bonds is 4. The van der Waals surface area contributed by atoms with Crippen LogP contribution in [0.5, 0.6) is 0 Å². The van der Waals surface area contributed by atoms with Crippen LogP contribution in [0.25, 0.3) is 0 Å². The number of hydrogen-bond acceptors (Lipinski definition) is 4. The molecule has 0 saturated carbocycles.